The number of hydrogen-bond donors (Lipinski definition) is 3. The summed E-state index contributed by atoms with van der Waals surface area (Å²) < 4.78 is 8.12. The first kappa shape index (κ1) is 31.1. The quantitative estimate of drug-likeness (QED) is 0.294. The summed E-state index contributed by atoms with van der Waals surface area (Å²) in [4.78, 5) is 33.9. The molecule has 4 heterocycles. The predicted molar refractivity (Wildman–Crippen MR) is 175 cm³/mol. The summed E-state index contributed by atoms with van der Waals surface area (Å²) in [6, 6.07) is 6.03. The number of carbonyl (C=O) groups is 1. The Hall–Kier alpha value is -2.92. The minimum absolute atomic E-state index is 0.0454. The van der Waals surface area contributed by atoms with Crippen molar-refractivity contribution in [1.82, 2.24) is 19.8 Å². The zero-order valence-electron chi connectivity index (χ0n) is 25.7. The zero-order chi connectivity index (χ0) is 31.0. The van der Waals surface area contributed by atoms with E-state index in [9.17, 15) is 14.7 Å². The Morgan fingerprint density at radius 2 is 2.07 bits per heavy atom. The van der Waals surface area contributed by atoms with E-state index in [0.717, 1.165) is 67.0 Å². The minimum atomic E-state index is -0.940. The molecule has 0 saturated carbocycles. The Morgan fingerprint density at radius 1 is 1.27 bits per heavy atom. The lowest BCUT2D eigenvalue weighted by molar-refractivity contribution is 0.0698. The van der Waals surface area contributed by atoms with Crippen LogP contribution in [0.2, 0.25) is 5.02 Å². The molecule has 3 atom stereocenters. The van der Waals surface area contributed by atoms with E-state index in [1.807, 2.05) is 19.1 Å². The number of carboxylic acid groups (broad SMARTS) is 1. The number of hydrogen-bond acceptors (Lipinski definition) is 8. The molecule has 44 heavy (non-hydrogen) atoms. The van der Waals surface area contributed by atoms with Gasteiger partial charge in [-0.05, 0) is 96.6 Å². The first-order valence-corrected chi connectivity index (χ1v) is 17.0. The van der Waals surface area contributed by atoms with Crippen LogP contribution in [0.25, 0.3) is 0 Å². The highest BCUT2D eigenvalue weighted by Gasteiger charge is 2.33. The third kappa shape index (κ3) is 6.40. The van der Waals surface area contributed by atoms with E-state index in [4.69, 9.17) is 21.3 Å². The van der Waals surface area contributed by atoms with Gasteiger partial charge in [-0.15, -0.1) is 11.3 Å². The lowest BCUT2D eigenvalue weighted by Gasteiger charge is -2.35. The van der Waals surface area contributed by atoms with Gasteiger partial charge in [0.05, 0.1) is 23.5 Å². The van der Waals surface area contributed by atoms with E-state index in [2.05, 4.69) is 29.5 Å². The summed E-state index contributed by atoms with van der Waals surface area (Å²) in [5.41, 5.74) is 3.74. The van der Waals surface area contributed by atoms with Crippen LogP contribution in [0.3, 0.4) is 0 Å². The Bertz CT molecular complexity index is 1580. The molecule has 2 aliphatic heterocycles. The number of fused-ring (bicyclic) bond motifs is 2. The molecule has 9 nitrogen and oxygen atoms in total. The number of halogens is 1. The largest absolute Gasteiger partial charge is 0.491 e. The van der Waals surface area contributed by atoms with Gasteiger partial charge in [0.25, 0.3) is 5.56 Å². The molecule has 1 saturated heterocycles. The molecule has 0 bridgehead atoms. The predicted octanol–water partition coefficient (Wildman–Crippen LogP) is 5.17. The second kappa shape index (κ2) is 13.2. The minimum Gasteiger partial charge on any atom is -0.491 e. The average Bonchev–Trinajstić information content (AvgIpc) is 3.43. The van der Waals surface area contributed by atoms with Crippen LogP contribution < -0.4 is 20.9 Å². The molecule has 3 aliphatic rings. The van der Waals surface area contributed by atoms with Crippen molar-refractivity contribution in [1.29, 1.82) is 0 Å². The molecule has 2 unspecified atom stereocenters. The molecule has 11 heteroatoms. The molecule has 1 aromatic carbocycles. The number of nitrogens with zero attached hydrogens (tertiary/aromatic N) is 3. The molecule has 0 radical (unpaired) electrons. The van der Waals surface area contributed by atoms with E-state index < -0.39 is 5.97 Å². The van der Waals surface area contributed by atoms with Crippen LogP contribution in [0, 0.1) is 12.8 Å². The standard InChI is InChI=1S/C33H42ClN5O4S/c1-19-14-25(31-30(36-19)27(18-44-31)33(41)42)24-15-22(34)4-7-29(24)43-13-12-39-20(2)37-28-6-5-23(16-26(28)32(39)40)38(3)17-21-8-10-35-11-9-21/h4,7,15,18-19,21,23,25,35-36H,5-6,8-14,16-17H2,1-3H3,(H,41,42)/t19?,23-,25?/m1/s1. The maximum Gasteiger partial charge on any atom is 0.338 e. The second-order valence-electron chi connectivity index (χ2n) is 12.6. The topological polar surface area (TPSA) is 109 Å². The number of nitrogens with one attached hydrogen (secondary N) is 2. The lowest BCUT2D eigenvalue weighted by atomic mass is 9.86. The lowest BCUT2D eigenvalue weighted by Crippen LogP contribution is -2.44. The highest BCUT2D eigenvalue weighted by molar-refractivity contribution is 7.11. The highest BCUT2D eigenvalue weighted by atomic mass is 35.5. The number of aryl methyl sites for hydroxylation is 2. The number of piperidine rings is 1. The van der Waals surface area contributed by atoms with E-state index in [0.29, 0.717) is 53.0 Å². The summed E-state index contributed by atoms with van der Waals surface area (Å²) in [5, 5.41) is 18.8. The third-order valence-electron chi connectivity index (χ3n) is 9.59. The van der Waals surface area contributed by atoms with Gasteiger partial charge in [-0.25, -0.2) is 9.78 Å². The van der Waals surface area contributed by atoms with E-state index in [1.165, 1.54) is 24.2 Å². The van der Waals surface area contributed by atoms with Crippen molar-refractivity contribution in [2.45, 2.75) is 76.9 Å². The average molecular weight is 640 g/mol. The van der Waals surface area contributed by atoms with Crippen molar-refractivity contribution in [2.75, 3.05) is 38.6 Å². The first-order valence-electron chi connectivity index (χ1n) is 15.7. The molecule has 2 aromatic heterocycles. The fourth-order valence-corrected chi connectivity index (χ4v) is 8.53. The molecule has 6 rings (SSSR count). The van der Waals surface area contributed by atoms with Crippen LogP contribution in [0.5, 0.6) is 5.75 Å². The highest BCUT2D eigenvalue weighted by Crippen LogP contribution is 2.47. The smallest absolute Gasteiger partial charge is 0.338 e. The molecule has 3 N–H and O–H groups in total. The zero-order valence-corrected chi connectivity index (χ0v) is 27.3. The van der Waals surface area contributed by atoms with Crippen molar-refractivity contribution in [3.63, 3.8) is 0 Å². The molecular weight excluding hydrogens is 598 g/mol. The number of aromatic carboxylic acids is 1. The molecule has 1 aliphatic carbocycles. The van der Waals surface area contributed by atoms with Crippen LogP contribution in [0.15, 0.2) is 28.4 Å². The number of aromatic nitrogens is 2. The first-order chi connectivity index (χ1) is 21.2. The summed E-state index contributed by atoms with van der Waals surface area (Å²) in [6.07, 6.45) is 5.81. The Labute approximate surface area is 267 Å². The van der Waals surface area contributed by atoms with Gasteiger partial charge in [0.2, 0.25) is 0 Å². The van der Waals surface area contributed by atoms with Gasteiger partial charge in [-0.3, -0.25) is 9.36 Å². The summed E-state index contributed by atoms with van der Waals surface area (Å²) >= 11 is 7.91. The summed E-state index contributed by atoms with van der Waals surface area (Å²) in [5.74, 6) is 1.13. The van der Waals surface area contributed by atoms with E-state index in [1.54, 1.807) is 16.0 Å². The Kier molecular flexibility index (Phi) is 9.33. The normalized spacial score (nSPS) is 21.9. The van der Waals surface area contributed by atoms with Gasteiger partial charge in [0.1, 0.15) is 18.2 Å². The van der Waals surface area contributed by atoms with Crippen molar-refractivity contribution in [3.8, 4) is 5.75 Å². The SMILES string of the molecule is Cc1nc2c(c(=O)n1CCOc1ccc(Cl)cc1C1CC(C)Nc3c(C(=O)O)csc31)C[C@H](N(C)CC1CCNCC1)CC2. The maximum atomic E-state index is 13.8. The van der Waals surface area contributed by atoms with E-state index in [-0.39, 0.29) is 17.5 Å². The van der Waals surface area contributed by atoms with Crippen LogP contribution in [0.4, 0.5) is 5.69 Å². The number of ether oxygens (including phenoxy) is 1. The van der Waals surface area contributed by atoms with E-state index >= 15 is 0 Å². The Balaban J connectivity index is 1.18. The summed E-state index contributed by atoms with van der Waals surface area (Å²) in [6.45, 7) is 7.91. The fourth-order valence-electron chi connectivity index (χ4n) is 7.21. The van der Waals surface area contributed by atoms with Crippen molar-refractivity contribution in [2.24, 2.45) is 5.92 Å². The number of anilines is 1. The third-order valence-corrected chi connectivity index (χ3v) is 10.9. The van der Waals surface area contributed by atoms with Crippen LogP contribution in [0.1, 0.15) is 76.4 Å². The number of likely N-dealkylation sites (N-methyl/N-ethyl adjacent to an activating group) is 1. The fraction of sp³-hybridized carbons (Fsp3) is 0.545. The maximum absolute atomic E-state index is 13.8. The van der Waals surface area contributed by atoms with Gasteiger partial charge in [0, 0.05) is 51.0 Å². The molecule has 1 fully saturated rings. The van der Waals surface area contributed by atoms with Crippen molar-refractivity contribution in [3.05, 3.63) is 72.0 Å². The van der Waals surface area contributed by atoms with Crippen molar-refractivity contribution >= 4 is 34.6 Å². The number of rotatable bonds is 9. The van der Waals surface area contributed by atoms with Crippen molar-refractivity contribution < 1.29 is 14.6 Å². The monoisotopic (exact) mass is 639 g/mol. The van der Waals surface area contributed by atoms with Gasteiger partial charge in [0.15, 0.2) is 0 Å². The summed E-state index contributed by atoms with van der Waals surface area (Å²) in [7, 11) is 2.21. The van der Waals surface area contributed by atoms with Gasteiger partial charge >= 0.3 is 5.97 Å². The van der Waals surface area contributed by atoms with Gasteiger partial charge in [-0.2, -0.15) is 0 Å². The van der Waals surface area contributed by atoms with Crippen LogP contribution >= 0.6 is 22.9 Å². The van der Waals surface area contributed by atoms with Crippen LogP contribution in [-0.4, -0.2) is 70.9 Å². The molecule has 0 spiro atoms. The molecular formula is C33H42ClN5O4S. The Morgan fingerprint density at radius 3 is 2.84 bits per heavy atom. The number of benzene rings is 1. The second-order valence-corrected chi connectivity index (χ2v) is 14.0. The molecule has 3 aromatic rings. The van der Waals surface area contributed by atoms with Crippen LogP contribution in [-0.2, 0) is 19.4 Å². The number of carboxylic acids is 1. The van der Waals surface area contributed by atoms with Gasteiger partial charge in [-0.1, -0.05) is 11.6 Å². The molecule has 0 amide bonds. The molecule has 236 valence electrons. The number of thiophene rings is 1. The van der Waals surface area contributed by atoms with Gasteiger partial charge < -0.3 is 25.4 Å².